The number of anilines is 2. The molecule has 38 heavy (non-hydrogen) atoms. The van der Waals surface area contributed by atoms with E-state index in [-0.39, 0.29) is 17.0 Å². The number of carboxylic acids is 1. The maximum Gasteiger partial charge on any atom is 0.336 e. The lowest BCUT2D eigenvalue weighted by molar-refractivity contribution is -0.115. The molecule has 0 fully saturated rings. The van der Waals surface area contributed by atoms with Crippen LogP contribution in [-0.2, 0) is 4.79 Å². The van der Waals surface area contributed by atoms with Gasteiger partial charge >= 0.3 is 5.97 Å². The van der Waals surface area contributed by atoms with E-state index in [0.717, 1.165) is 4.90 Å². The number of amides is 2. The number of nitrogens with one attached hydrogen (secondary N) is 2. The fourth-order valence-corrected chi connectivity index (χ4v) is 5.22. The first kappa shape index (κ1) is 27.0. The SMILES string of the molecule is CCC(Sc1cccc(NC(=O)c2cccc3cccc(C(=O)O)c23)c1)C(=O)Nc1cc(Cl)ccc1OC. The normalized spacial score (nSPS) is 11.6. The molecule has 0 spiro atoms. The topological polar surface area (TPSA) is 105 Å². The first-order valence-electron chi connectivity index (χ1n) is 11.8. The van der Waals surface area contributed by atoms with Crippen LogP contribution in [0.25, 0.3) is 10.8 Å². The number of carbonyl (C=O) groups is 3. The lowest BCUT2D eigenvalue weighted by Gasteiger charge is -2.17. The summed E-state index contributed by atoms with van der Waals surface area (Å²) in [6, 6.07) is 22.2. The van der Waals surface area contributed by atoms with Crippen LogP contribution in [0, 0.1) is 0 Å². The summed E-state index contributed by atoms with van der Waals surface area (Å²) in [4.78, 5) is 38.8. The molecule has 9 heteroatoms. The monoisotopic (exact) mass is 548 g/mol. The molecule has 1 atom stereocenters. The number of carbonyl (C=O) groups excluding carboxylic acids is 2. The summed E-state index contributed by atoms with van der Waals surface area (Å²) in [7, 11) is 1.52. The lowest BCUT2D eigenvalue weighted by Crippen LogP contribution is -2.24. The van der Waals surface area contributed by atoms with Crippen molar-refractivity contribution in [3.8, 4) is 5.75 Å². The Kier molecular flexibility index (Phi) is 8.55. The minimum atomic E-state index is -1.10. The highest BCUT2D eigenvalue weighted by molar-refractivity contribution is 8.00. The van der Waals surface area contributed by atoms with Crippen molar-refractivity contribution in [3.63, 3.8) is 0 Å². The first-order valence-corrected chi connectivity index (χ1v) is 13.0. The van der Waals surface area contributed by atoms with E-state index in [4.69, 9.17) is 16.3 Å². The Bertz CT molecular complexity index is 1520. The number of methoxy groups -OCH3 is 1. The highest BCUT2D eigenvalue weighted by Crippen LogP contribution is 2.32. The average Bonchev–Trinajstić information content (AvgIpc) is 2.91. The summed E-state index contributed by atoms with van der Waals surface area (Å²) in [6.45, 7) is 1.92. The molecule has 0 bridgehead atoms. The fourth-order valence-electron chi connectivity index (χ4n) is 4.03. The van der Waals surface area contributed by atoms with Crippen LogP contribution in [0.4, 0.5) is 11.4 Å². The van der Waals surface area contributed by atoms with E-state index in [1.165, 1.54) is 24.9 Å². The van der Waals surface area contributed by atoms with Gasteiger partial charge in [0, 0.05) is 26.6 Å². The van der Waals surface area contributed by atoms with Gasteiger partial charge < -0.3 is 20.5 Å². The van der Waals surface area contributed by atoms with Crippen molar-refractivity contribution < 1.29 is 24.2 Å². The molecule has 2 amide bonds. The zero-order chi connectivity index (χ0) is 27.2. The van der Waals surface area contributed by atoms with E-state index >= 15 is 0 Å². The summed E-state index contributed by atoms with van der Waals surface area (Å²) in [5.41, 5.74) is 1.34. The van der Waals surface area contributed by atoms with Crippen LogP contribution >= 0.6 is 23.4 Å². The number of halogens is 1. The molecule has 0 aliphatic carbocycles. The maximum atomic E-state index is 13.2. The number of fused-ring (bicyclic) bond motifs is 1. The lowest BCUT2D eigenvalue weighted by atomic mass is 9.98. The molecule has 7 nitrogen and oxygen atoms in total. The third-order valence-corrected chi connectivity index (χ3v) is 7.43. The van der Waals surface area contributed by atoms with E-state index in [2.05, 4.69) is 10.6 Å². The third-order valence-electron chi connectivity index (χ3n) is 5.83. The van der Waals surface area contributed by atoms with Crippen molar-refractivity contribution in [2.24, 2.45) is 0 Å². The van der Waals surface area contributed by atoms with Crippen LogP contribution in [-0.4, -0.2) is 35.2 Å². The van der Waals surface area contributed by atoms with Crippen LogP contribution in [0.2, 0.25) is 5.02 Å². The van der Waals surface area contributed by atoms with Gasteiger partial charge in [-0.15, -0.1) is 11.8 Å². The molecule has 4 aromatic carbocycles. The van der Waals surface area contributed by atoms with E-state index in [9.17, 15) is 19.5 Å². The maximum absolute atomic E-state index is 13.2. The second-order valence-electron chi connectivity index (χ2n) is 8.34. The zero-order valence-corrected chi connectivity index (χ0v) is 22.2. The number of hydrogen-bond acceptors (Lipinski definition) is 5. The molecule has 0 aliphatic heterocycles. The highest BCUT2D eigenvalue weighted by Gasteiger charge is 2.21. The Hall–Kier alpha value is -4.01. The third kappa shape index (κ3) is 6.10. The number of thioether (sulfide) groups is 1. The minimum Gasteiger partial charge on any atom is -0.495 e. The Labute approximate surface area is 229 Å². The van der Waals surface area contributed by atoms with Crippen LogP contribution in [0.3, 0.4) is 0 Å². The van der Waals surface area contributed by atoms with Gasteiger partial charge in [-0.05, 0) is 60.3 Å². The molecular weight excluding hydrogens is 524 g/mol. The summed E-state index contributed by atoms with van der Waals surface area (Å²) < 4.78 is 5.32. The standard InChI is InChI=1S/C29H25ClN2O5S/c1-3-25(28(34)32-23-15-18(30)13-14-24(23)37-2)38-20-10-6-9-19(16-20)31-27(33)21-11-4-7-17-8-5-12-22(26(17)21)29(35)36/h4-16,25H,3H2,1-2H3,(H,31,33)(H,32,34)(H,35,36). The van der Waals surface area contributed by atoms with Crippen molar-refractivity contribution in [2.75, 3.05) is 17.7 Å². The summed E-state index contributed by atoms with van der Waals surface area (Å²) in [6.07, 6.45) is 0.559. The van der Waals surface area contributed by atoms with Crippen LogP contribution in [0.1, 0.15) is 34.1 Å². The molecule has 4 aromatic rings. The molecular formula is C29H25ClN2O5S. The molecule has 1 unspecified atom stereocenters. The van der Waals surface area contributed by atoms with E-state index in [1.807, 2.05) is 13.0 Å². The number of aromatic carboxylic acids is 1. The number of hydrogen-bond donors (Lipinski definition) is 3. The Morgan fingerprint density at radius 2 is 1.66 bits per heavy atom. The number of benzene rings is 4. The van der Waals surface area contributed by atoms with Gasteiger partial charge in [-0.25, -0.2) is 4.79 Å². The van der Waals surface area contributed by atoms with Crippen molar-refractivity contribution in [2.45, 2.75) is 23.5 Å². The van der Waals surface area contributed by atoms with Crippen LogP contribution in [0.15, 0.2) is 83.8 Å². The van der Waals surface area contributed by atoms with Gasteiger partial charge in [0.15, 0.2) is 0 Å². The molecule has 3 N–H and O–H groups in total. The molecule has 0 aliphatic rings. The van der Waals surface area contributed by atoms with Crippen molar-refractivity contribution in [1.29, 1.82) is 0 Å². The summed E-state index contributed by atoms with van der Waals surface area (Å²) in [5.74, 6) is -1.23. The molecule has 0 heterocycles. The van der Waals surface area contributed by atoms with Gasteiger partial charge in [-0.2, -0.15) is 0 Å². The predicted octanol–water partition coefficient (Wildman–Crippen LogP) is 6.96. The molecule has 0 saturated heterocycles. The molecule has 0 aromatic heterocycles. The van der Waals surface area contributed by atoms with Crippen molar-refractivity contribution in [1.82, 2.24) is 0 Å². The Morgan fingerprint density at radius 3 is 2.34 bits per heavy atom. The van der Waals surface area contributed by atoms with Gasteiger partial charge in [0.1, 0.15) is 5.75 Å². The molecule has 194 valence electrons. The Balaban J connectivity index is 1.52. The molecule has 0 radical (unpaired) electrons. The number of rotatable bonds is 9. The predicted molar refractivity (Wildman–Crippen MR) is 152 cm³/mol. The quantitative estimate of drug-likeness (QED) is 0.195. The van der Waals surface area contributed by atoms with Crippen molar-refractivity contribution in [3.05, 3.63) is 95.0 Å². The van der Waals surface area contributed by atoms with Gasteiger partial charge in [-0.1, -0.05) is 48.9 Å². The van der Waals surface area contributed by atoms with E-state index in [0.29, 0.717) is 39.3 Å². The van der Waals surface area contributed by atoms with Crippen LogP contribution < -0.4 is 15.4 Å². The van der Waals surface area contributed by atoms with Crippen LogP contribution in [0.5, 0.6) is 5.75 Å². The number of carboxylic acid groups (broad SMARTS) is 1. The minimum absolute atomic E-state index is 0.0608. The largest absolute Gasteiger partial charge is 0.495 e. The first-order chi connectivity index (χ1) is 18.3. The summed E-state index contributed by atoms with van der Waals surface area (Å²) >= 11 is 7.45. The molecule has 0 saturated carbocycles. The highest BCUT2D eigenvalue weighted by atomic mass is 35.5. The van der Waals surface area contributed by atoms with Gasteiger partial charge in [0.25, 0.3) is 5.91 Å². The Morgan fingerprint density at radius 1 is 0.947 bits per heavy atom. The average molecular weight is 549 g/mol. The zero-order valence-electron chi connectivity index (χ0n) is 20.7. The van der Waals surface area contributed by atoms with Gasteiger partial charge in [-0.3, -0.25) is 9.59 Å². The smallest absolute Gasteiger partial charge is 0.336 e. The summed E-state index contributed by atoms with van der Waals surface area (Å²) in [5, 5.41) is 16.5. The van der Waals surface area contributed by atoms with Crippen molar-refractivity contribution >= 4 is 63.3 Å². The van der Waals surface area contributed by atoms with E-state index < -0.39 is 17.1 Å². The van der Waals surface area contributed by atoms with Gasteiger partial charge in [0.2, 0.25) is 5.91 Å². The second kappa shape index (κ2) is 12.0. The van der Waals surface area contributed by atoms with E-state index in [1.54, 1.807) is 66.7 Å². The van der Waals surface area contributed by atoms with Gasteiger partial charge in [0.05, 0.1) is 23.6 Å². The fraction of sp³-hybridized carbons (Fsp3) is 0.138. The molecule has 4 rings (SSSR count). The second-order valence-corrected chi connectivity index (χ2v) is 10.1. The number of ether oxygens (including phenoxy) is 1.